The van der Waals surface area contributed by atoms with Crippen LogP contribution in [0.15, 0.2) is 12.5 Å². The van der Waals surface area contributed by atoms with Crippen molar-refractivity contribution in [2.24, 2.45) is 0 Å². The lowest BCUT2D eigenvalue weighted by molar-refractivity contribution is 0.650. The number of imidazole rings is 1. The molecule has 0 spiro atoms. The van der Waals surface area contributed by atoms with Crippen LogP contribution in [0.4, 0.5) is 0 Å². The Balaban J connectivity index is 2.32. The van der Waals surface area contributed by atoms with Crippen LogP contribution in [-0.4, -0.2) is 16.1 Å². The molecule has 1 aromatic heterocycles. The summed E-state index contributed by atoms with van der Waals surface area (Å²) in [6.45, 7) is 4.74. The first-order valence-corrected chi connectivity index (χ1v) is 4.95. The second-order valence-corrected chi connectivity index (χ2v) is 3.14. The molecular formula is C10H16N4. The zero-order valence-electron chi connectivity index (χ0n) is 8.53. The molecule has 14 heavy (non-hydrogen) atoms. The molecule has 0 aliphatic rings. The van der Waals surface area contributed by atoms with Crippen molar-refractivity contribution in [2.75, 3.05) is 6.54 Å². The Morgan fingerprint density at radius 2 is 2.50 bits per heavy atom. The predicted octanol–water partition coefficient (Wildman–Crippen LogP) is 1.30. The summed E-state index contributed by atoms with van der Waals surface area (Å²) in [5.41, 5.74) is 1.06. The molecule has 1 N–H and O–H groups in total. The van der Waals surface area contributed by atoms with Gasteiger partial charge in [-0.05, 0) is 13.0 Å². The number of nitrogens with zero attached hydrogens (tertiary/aromatic N) is 3. The van der Waals surface area contributed by atoms with E-state index in [2.05, 4.69) is 23.3 Å². The predicted molar refractivity (Wildman–Crippen MR) is 54.5 cm³/mol. The van der Waals surface area contributed by atoms with Crippen LogP contribution in [0.1, 0.15) is 25.5 Å². The minimum absolute atomic E-state index is 0.612. The number of rotatable bonds is 6. The van der Waals surface area contributed by atoms with Crippen LogP contribution in [0.2, 0.25) is 0 Å². The number of nitriles is 1. The van der Waals surface area contributed by atoms with Gasteiger partial charge in [-0.15, -0.1) is 0 Å². The molecule has 1 heterocycles. The highest BCUT2D eigenvalue weighted by atomic mass is 15.0. The van der Waals surface area contributed by atoms with Crippen LogP contribution >= 0.6 is 0 Å². The van der Waals surface area contributed by atoms with E-state index >= 15 is 0 Å². The van der Waals surface area contributed by atoms with Gasteiger partial charge in [-0.1, -0.05) is 6.92 Å². The number of hydrogen-bond acceptors (Lipinski definition) is 3. The van der Waals surface area contributed by atoms with E-state index in [4.69, 9.17) is 5.26 Å². The SMILES string of the molecule is CCNCc1cn(CCCC#N)cn1. The monoisotopic (exact) mass is 192 g/mol. The van der Waals surface area contributed by atoms with Gasteiger partial charge in [0, 0.05) is 25.7 Å². The van der Waals surface area contributed by atoms with Gasteiger partial charge < -0.3 is 9.88 Å². The summed E-state index contributed by atoms with van der Waals surface area (Å²) in [5, 5.41) is 11.6. The van der Waals surface area contributed by atoms with E-state index in [0.29, 0.717) is 6.42 Å². The first-order chi connectivity index (χ1) is 6.86. The maximum Gasteiger partial charge on any atom is 0.0949 e. The molecule has 0 atom stereocenters. The zero-order valence-corrected chi connectivity index (χ0v) is 8.53. The van der Waals surface area contributed by atoms with Gasteiger partial charge in [0.15, 0.2) is 0 Å². The van der Waals surface area contributed by atoms with Crippen molar-refractivity contribution in [1.82, 2.24) is 14.9 Å². The van der Waals surface area contributed by atoms with Crippen LogP contribution in [-0.2, 0) is 13.1 Å². The summed E-state index contributed by atoms with van der Waals surface area (Å²) in [5.74, 6) is 0. The Hall–Kier alpha value is -1.34. The van der Waals surface area contributed by atoms with Crippen LogP contribution in [0.25, 0.3) is 0 Å². The molecule has 1 aromatic rings. The van der Waals surface area contributed by atoms with Crippen LogP contribution in [0, 0.1) is 11.3 Å². The van der Waals surface area contributed by atoms with E-state index in [1.165, 1.54) is 0 Å². The van der Waals surface area contributed by atoms with Crippen molar-refractivity contribution in [2.45, 2.75) is 32.9 Å². The molecule has 4 nitrogen and oxygen atoms in total. The Bertz CT molecular complexity index is 297. The van der Waals surface area contributed by atoms with Gasteiger partial charge in [0.2, 0.25) is 0 Å². The average Bonchev–Trinajstić information content (AvgIpc) is 2.63. The normalized spacial score (nSPS) is 10.0. The molecule has 0 aliphatic carbocycles. The topological polar surface area (TPSA) is 53.6 Å². The summed E-state index contributed by atoms with van der Waals surface area (Å²) in [7, 11) is 0. The van der Waals surface area contributed by atoms with E-state index in [9.17, 15) is 0 Å². The second kappa shape index (κ2) is 6.17. The number of aryl methyl sites for hydroxylation is 1. The molecule has 76 valence electrons. The maximum absolute atomic E-state index is 8.38. The maximum atomic E-state index is 8.38. The van der Waals surface area contributed by atoms with Crippen LogP contribution in [0.5, 0.6) is 0 Å². The van der Waals surface area contributed by atoms with Crippen molar-refractivity contribution in [1.29, 1.82) is 5.26 Å². The highest BCUT2D eigenvalue weighted by Crippen LogP contribution is 1.98. The average molecular weight is 192 g/mol. The zero-order chi connectivity index (χ0) is 10.2. The Morgan fingerprint density at radius 3 is 3.21 bits per heavy atom. The summed E-state index contributed by atoms with van der Waals surface area (Å²) >= 11 is 0. The molecule has 0 bridgehead atoms. The Morgan fingerprint density at radius 1 is 1.64 bits per heavy atom. The number of nitrogens with one attached hydrogen (secondary N) is 1. The lowest BCUT2D eigenvalue weighted by Crippen LogP contribution is -2.11. The molecule has 0 radical (unpaired) electrons. The minimum atomic E-state index is 0.612. The molecule has 0 unspecified atom stereocenters. The fraction of sp³-hybridized carbons (Fsp3) is 0.600. The highest BCUT2D eigenvalue weighted by Gasteiger charge is 1.97. The van der Waals surface area contributed by atoms with Gasteiger partial charge in [0.05, 0.1) is 18.1 Å². The molecule has 0 saturated heterocycles. The van der Waals surface area contributed by atoms with E-state index in [-0.39, 0.29) is 0 Å². The molecular weight excluding hydrogens is 176 g/mol. The van der Waals surface area contributed by atoms with Crippen molar-refractivity contribution in [3.63, 3.8) is 0 Å². The summed E-state index contributed by atoms with van der Waals surface area (Å²) < 4.78 is 2.03. The van der Waals surface area contributed by atoms with Crippen molar-refractivity contribution < 1.29 is 0 Å². The number of unbranched alkanes of at least 4 members (excludes halogenated alkanes) is 1. The summed E-state index contributed by atoms with van der Waals surface area (Å²) in [6, 6.07) is 2.13. The molecule has 4 heteroatoms. The van der Waals surface area contributed by atoms with E-state index < -0.39 is 0 Å². The Labute approximate surface area is 84.6 Å². The molecule has 1 rings (SSSR count). The van der Waals surface area contributed by atoms with Gasteiger partial charge >= 0.3 is 0 Å². The lowest BCUT2D eigenvalue weighted by atomic mass is 10.3. The first-order valence-electron chi connectivity index (χ1n) is 4.95. The fourth-order valence-corrected chi connectivity index (χ4v) is 1.21. The van der Waals surface area contributed by atoms with E-state index in [1.807, 2.05) is 17.1 Å². The quantitative estimate of drug-likeness (QED) is 0.691. The standard InChI is InChI=1S/C10H16N4/c1-2-12-7-10-8-14(9-13-10)6-4-3-5-11/h8-9,12H,2-4,6-7H2,1H3. The van der Waals surface area contributed by atoms with Gasteiger partial charge in [0.25, 0.3) is 0 Å². The van der Waals surface area contributed by atoms with Crippen molar-refractivity contribution >= 4 is 0 Å². The van der Waals surface area contributed by atoms with Gasteiger partial charge in [-0.25, -0.2) is 4.98 Å². The highest BCUT2D eigenvalue weighted by molar-refractivity contribution is 4.96. The second-order valence-electron chi connectivity index (χ2n) is 3.14. The molecule has 0 amide bonds. The third kappa shape index (κ3) is 3.58. The van der Waals surface area contributed by atoms with Gasteiger partial charge in [-0.2, -0.15) is 5.26 Å². The molecule has 0 fully saturated rings. The lowest BCUT2D eigenvalue weighted by Gasteiger charge is -1.98. The van der Waals surface area contributed by atoms with Crippen molar-refractivity contribution in [3.05, 3.63) is 18.2 Å². The molecule has 0 aromatic carbocycles. The van der Waals surface area contributed by atoms with Crippen LogP contribution in [0.3, 0.4) is 0 Å². The van der Waals surface area contributed by atoms with E-state index in [1.54, 1.807) is 0 Å². The molecule has 0 aliphatic heterocycles. The number of hydrogen-bond donors (Lipinski definition) is 1. The Kier molecular flexibility index (Phi) is 4.73. The van der Waals surface area contributed by atoms with Crippen LogP contribution < -0.4 is 5.32 Å². The van der Waals surface area contributed by atoms with Gasteiger partial charge in [-0.3, -0.25) is 0 Å². The molecule has 0 saturated carbocycles. The van der Waals surface area contributed by atoms with Gasteiger partial charge in [0.1, 0.15) is 0 Å². The summed E-state index contributed by atoms with van der Waals surface area (Å²) in [4.78, 5) is 4.25. The largest absolute Gasteiger partial charge is 0.337 e. The van der Waals surface area contributed by atoms with Crippen molar-refractivity contribution in [3.8, 4) is 6.07 Å². The van der Waals surface area contributed by atoms with E-state index in [0.717, 1.165) is 31.7 Å². The number of aromatic nitrogens is 2. The third-order valence-electron chi connectivity index (χ3n) is 1.95. The fourth-order valence-electron chi connectivity index (χ4n) is 1.21. The third-order valence-corrected chi connectivity index (χ3v) is 1.95. The first kappa shape index (κ1) is 10.7. The smallest absolute Gasteiger partial charge is 0.0949 e. The summed E-state index contributed by atoms with van der Waals surface area (Å²) in [6.07, 6.45) is 5.36. The minimum Gasteiger partial charge on any atom is -0.337 e.